The molecule has 2 aliphatic rings. The lowest BCUT2D eigenvalue weighted by molar-refractivity contribution is 0.115. The summed E-state index contributed by atoms with van der Waals surface area (Å²) in [7, 11) is 0. The molecule has 4 rings (SSSR count). The zero-order chi connectivity index (χ0) is 18.6. The molecule has 0 saturated carbocycles. The van der Waals surface area contributed by atoms with E-state index in [1.807, 2.05) is 12.1 Å². The average molecular weight is 368 g/mol. The van der Waals surface area contributed by atoms with E-state index in [2.05, 4.69) is 30.0 Å². The van der Waals surface area contributed by atoms with E-state index in [0.717, 1.165) is 38.4 Å². The number of halogens is 1. The molecule has 2 atom stereocenters. The molecule has 1 fully saturated rings. The lowest BCUT2D eigenvalue weighted by Crippen LogP contribution is -2.41. The average Bonchev–Trinajstić information content (AvgIpc) is 2.72. The van der Waals surface area contributed by atoms with Crippen LogP contribution in [0.15, 0.2) is 42.5 Å². The van der Waals surface area contributed by atoms with Gasteiger partial charge < -0.3 is 9.64 Å². The molecular weight excluding hydrogens is 337 g/mol. The summed E-state index contributed by atoms with van der Waals surface area (Å²) in [5.41, 5.74) is 4.20. The van der Waals surface area contributed by atoms with Gasteiger partial charge in [0.25, 0.3) is 0 Å². The van der Waals surface area contributed by atoms with E-state index in [1.54, 1.807) is 12.1 Å². The molecule has 2 aromatic rings. The largest absolute Gasteiger partial charge is 0.493 e. The Morgan fingerprint density at radius 2 is 1.81 bits per heavy atom. The Morgan fingerprint density at radius 3 is 2.59 bits per heavy atom. The van der Waals surface area contributed by atoms with Crippen molar-refractivity contribution in [2.45, 2.75) is 44.9 Å². The SMILES string of the molecule is CCN1CC[C@@H](c2ccc(F)cc2)[C@H](COc2ccc3c(c2)CCCC3)C1. The van der Waals surface area contributed by atoms with Crippen LogP contribution in [0.25, 0.3) is 0 Å². The Balaban J connectivity index is 1.47. The molecule has 1 heterocycles. The van der Waals surface area contributed by atoms with Crippen molar-refractivity contribution in [1.82, 2.24) is 4.90 Å². The van der Waals surface area contributed by atoms with Crippen LogP contribution in [0.1, 0.15) is 48.8 Å². The molecule has 3 heteroatoms. The number of likely N-dealkylation sites (tertiary alicyclic amines) is 1. The van der Waals surface area contributed by atoms with Crippen LogP contribution in [0.2, 0.25) is 0 Å². The minimum Gasteiger partial charge on any atom is -0.493 e. The van der Waals surface area contributed by atoms with Crippen molar-refractivity contribution >= 4 is 0 Å². The smallest absolute Gasteiger partial charge is 0.123 e. The first-order valence-electron chi connectivity index (χ1n) is 10.5. The Morgan fingerprint density at radius 1 is 1.04 bits per heavy atom. The number of benzene rings is 2. The number of fused-ring (bicyclic) bond motifs is 1. The van der Waals surface area contributed by atoms with Crippen LogP contribution in [0, 0.1) is 11.7 Å². The summed E-state index contributed by atoms with van der Waals surface area (Å²) in [6, 6.07) is 13.7. The lowest BCUT2D eigenvalue weighted by atomic mass is 9.81. The zero-order valence-corrected chi connectivity index (χ0v) is 16.3. The third-order valence-electron chi connectivity index (χ3n) is 6.35. The van der Waals surface area contributed by atoms with Crippen LogP contribution < -0.4 is 4.74 Å². The Hall–Kier alpha value is -1.87. The number of hydrogen-bond acceptors (Lipinski definition) is 2. The molecule has 27 heavy (non-hydrogen) atoms. The summed E-state index contributed by atoms with van der Waals surface area (Å²) in [4.78, 5) is 2.50. The summed E-state index contributed by atoms with van der Waals surface area (Å²) in [6.45, 7) is 6.17. The van der Waals surface area contributed by atoms with E-state index in [4.69, 9.17) is 4.74 Å². The molecule has 1 aliphatic heterocycles. The summed E-state index contributed by atoms with van der Waals surface area (Å²) in [5.74, 6) is 1.71. The molecule has 0 N–H and O–H groups in total. The van der Waals surface area contributed by atoms with Gasteiger partial charge in [-0.2, -0.15) is 0 Å². The first-order valence-corrected chi connectivity index (χ1v) is 10.5. The fourth-order valence-electron chi connectivity index (χ4n) is 4.72. The molecule has 2 aromatic carbocycles. The fourth-order valence-corrected chi connectivity index (χ4v) is 4.72. The van der Waals surface area contributed by atoms with Crippen molar-refractivity contribution in [3.63, 3.8) is 0 Å². The van der Waals surface area contributed by atoms with Gasteiger partial charge in [0.1, 0.15) is 11.6 Å². The predicted molar refractivity (Wildman–Crippen MR) is 108 cm³/mol. The maximum Gasteiger partial charge on any atom is 0.123 e. The number of rotatable bonds is 5. The Labute approximate surface area is 162 Å². The highest BCUT2D eigenvalue weighted by Gasteiger charge is 2.30. The lowest BCUT2D eigenvalue weighted by Gasteiger charge is -2.38. The van der Waals surface area contributed by atoms with Crippen LogP contribution in [0.5, 0.6) is 5.75 Å². The van der Waals surface area contributed by atoms with Gasteiger partial charge in [0.05, 0.1) is 6.61 Å². The molecule has 1 saturated heterocycles. The second kappa shape index (κ2) is 8.43. The highest BCUT2D eigenvalue weighted by atomic mass is 19.1. The van der Waals surface area contributed by atoms with Crippen LogP contribution in [0.4, 0.5) is 4.39 Å². The van der Waals surface area contributed by atoms with E-state index < -0.39 is 0 Å². The van der Waals surface area contributed by atoms with Gasteiger partial charge in [-0.1, -0.05) is 25.1 Å². The van der Waals surface area contributed by atoms with Gasteiger partial charge in [-0.05, 0) is 92.1 Å². The summed E-state index contributed by atoms with van der Waals surface area (Å²) in [6.07, 6.45) is 6.09. The molecule has 0 bridgehead atoms. The van der Waals surface area contributed by atoms with Crippen LogP contribution in [-0.2, 0) is 12.8 Å². The third kappa shape index (κ3) is 4.35. The van der Waals surface area contributed by atoms with Gasteiger partial charge in [-0.3, -0.25) is 0 Å². The standard InChI is InChI=1S/C24H30FNO/c1-2-26-14-13-24(19-7-10-22(25)11-8-19)21(16-26)17-27-23-12-9-18-5-3-4-6-20(18)15-23/h7-12,15,21,24H,2-6,13-14,16-17H2,1H3/t21-,24-/m0/s1. The van der Waals surface area contributed by atoms with Crippen LogP contribution >= 0.6 is 0 Å². The predicted octanol–water partition coefficient (Wildman–Crippen LogP) is 5.21. The zero-order valence-electron chi connectivity index (χ0n) is 16.3. The second-order valence-corrected chi connectivity index (χ2v) is 8.05. The normalized spacial score (nSPS) is 23.0. The van der Waals surface area contributed by atoms with Crippen LogP contribution in [-0.4, -0.2) is 31.1 Å². The fraction of sp³-hybridized carbons (Fsp3) is 0.500. The molecule has 0 unspecified atom stereocenters. The molecule has 0 spiro atoms. The topological polar surface area (TPSA) is 12.5 Å². The van der Waals surface area contributed by atoms with Crippen molar-refractivity contribution in [2.24, 2.45) is 5.92 Å². The highest BCUT2D eigenvalue weighted by Crippen LogP contribution is 2.34. The van der Waals surface area contributed by atoms with Gasteiger partial charge in [0.15, 0.2) is 0 Å². The third-order valence-corrected chi connectivity index (χ3v) is 6.35. The van der Waals surface area contributed by atoms with Gasteiger partial charge in [-0.15, -0.1) is 0 Å². The molecule has 0 aromatic heterocycles. The molecular formula is C24H30FNO. The first kappa shape index (κ1) is 18.5. The van der Waals surface area contributed by atoms with E-state index in [1.165, 1.54) is 42.4 Å². The van der Waals surface area contributed by atoms with Crippen molar-refractivity contribution in [3.8, 4) is 5.75 Å². The minimum absolute atomic E-state index is 0.161. The molecule has 0 amide bonds. The number of ether oxygens (including phenoxy) is 1. The van der Waals surface area contributed by atoms with E-state index in [-0.39, 0.29) is 5.82 Å². The highest BCUT2D eigenvalue weighted by molar-refractivity contribution is 5.37. The maximum atomic E-state index is 13.3. The number of hydrogen-bond donors (Lipinski definition) is 0. The van der Waals surface area contributed by atoms with Crippen molar-refractivity contribution < 1.29 is 9.13 Å². The van der Waals surface area contributed by atoms with E-state index in [0.29, 0.717) is 11.8 Å². The van der Waals surface area contributed by atoms with Crippen molar-refractivity contribution in [3.05, 3.63) is 65.0 Å². The maximum absolute atomic E-state index is 13.3. The molecule has 2 nitrogen and oxygen atoms in total. The van der Waals surface area contributed by atoms with Gasteiger partial charge >= 0.3 is 0 Å². The van der Waals surface area contributed by atoms with Gasteiger partial charge in [0, 0.05) is 12.5 Å². The Bertz CT molecular complexity index is 757. The van der Waals surface area contributed by atoms with E-state index >= 15 is 0 Å². The number of nitrogens with zero attached hydrogens (tertiary/aromatic N) is 1. The molecule has 144 valence electrons. The Kier molecular flexibility index (Phi) is 5.77. The first-order chi connectivity index (χ1) is 13.2. The minimum atomic E-state index is -0.161. The summed E-state index contributed by atoms with van der Waals surface area (Å²) < 4.78 is 19.6. The summed E-state index contributed by atoms with van der Waals surface area (Å²) >= 11 is 0. The van der Waals surface area contributed by atoms with Crippen molar-refractivity contribution in [2.75, 3.05) is 26.2 Å². The van der Waals surface area contributed by atoms with Gasteiger partial charge in [0.2, 0.25) is 0 Å². The second-order valence-electron chi connectivity index (χ2n) is 8.05. The molecule has 1 aliphatic carbocycles. The number of piperidine rings is 1. The number of aryl methyl sites for hydroxylation is 2. The monoisotopic (exact) mass is 367 g/mol. The van der Waals surface area contributed by atoms with E-state index in [9.17, 15) is 4.39 Å². The van der Waals surface area contributed by atoms with Crippen LogP contribution in [0.3, 0.4) is 0 Å². The molecule has 0 radical (unpaired) electrons. The summed E-state index contributed by atoms with van der Waals surface area (Å²) in [5, 5.41) is 0. The van der Waals surface area contributed by atoms with Gasteiger partial charge in [-0.25, -0.2) is 4.39 Å². The quantitative estimate of drug-likeness (QED) is 0.719. The van der Waals surface area contributed by atoms with Crippen molar-refractivity contribution in [1.29, 1.82) is 0 Å².